The van der Waals surface area contributed by atoms with Gasteiger partial charge in [0.05, 0.1) is 13.2 Å². The van der Waals surface area contributed by atoms with Gasteiger partial charge < -0.3 is 14.2 Å². The number of ether oxygens (including phenoxy) is 3. The summed E-state index contributed by atoms with van der Waals surface area (Å²) in [7, 11) is 0. The van der Waals surface area contributed by atoms with E-state index in [1.165, 1.54) is 0 Å². The normalized spacial score (nSPS) is 18.3. The van der Waals surface area contributed by atoms with Crippen LogP contribution in [0.4, 0.5) is 26.3 Å². The molecule has 0 aliphatic carbocycles. The number of rotatable bonds is 7. The lowest BCUT2D eigenvalue weighted by molar-refractivity contribution is -0.206. The van der Waals surface area contributed by atoms with Gasteiger partial charge in [-0.05, 0) is 36.6 Å². The van der Waals surface area contributed by atoms with Crippen LogP contribution in [-0.2, 0) is 15.6 Å². The number of alkyl halides is 2. The zero-order chi connectivity index (χ0) is 26.0. The van der Waals surface area contributed by atoms with Crippen molar-refractivity contribution in [2.24, 2.45) is 5.92 Å². The fourth-order valence-electron chi connectivity index (χ4n) is 4.04. The third kappa shape index (κ3) is 5.52. The molecular weight excluding hydrogens is 486 g/mol. The van der Waals surface area contributed by atoms with Crippen LogP contribution in [0.3, 0.4) is 0 Å². The van der Waals surface area contributed by atoms with Crippen molar-refractivity contribution in [3.05, 3.63) is 88.5 Å². The first-order chi connectivity index (χ1) is 17.1. The first-order valence-corrected chi connectivity index (χ1v) is 11.4. The minimum absolute atomic E-state index is 0.0111. The van der Waals surface area contributed by atoms with E-state index >= 15 is 0 Å². The summed E-state index contributed by atoms with van der Waals surface area (Å²) in [6.45, 7) is 4.32. The second-order valence-electron chi connectivity index (χ2n) is 8.72. The van der Waals surface area contributed by atoms with E-state index in [9.17, 15) is 26.3 Å². The van der Waals surface area contributed by atoms with Crippen LogP contribution in [0.25, 0.3) is 11.1 Å². The molecular formula is C27H24F6O3. The Morgan fingerprint density at radius 1 is 0.833 bits per heavy atom. The summed E-state index contributed by atoms with van der Waals surface area (Å²) in [5.74, 6) is -6.00. The third-order valence-corrected chi connectivity index (χ3v) is 6.01. The highest BCUT2D eigenvalue weighted by atomic mass is 19.3. The highest BCUT2D eigenvalue weighted by molar-refractivity contribution is 5.64. The highest BCUT2D eigenvalue weighted by Gasteiger charge is 2.41. The van der Waals surface area contributed by atoms with Gasteiger partial charge in [0, 0.05) is 29.2 Å². The van der Waals surface area contributed by atoms with E-state index < -0.39 is 52.5 Å². The maximum Gasteiger partial charge on any atom is 0.432 e. The molecule has 192 valence electrons. The standard InChI is InChI=1S/C27H24F6O3/c1-3-4-16-13-34-26(35-14-16)18-7-5-17(6-8-18)19-9-23(30)25(24(31)10-19)27(32,33)36-20-11-21(28)15(2)22(29)12-20/h5-12,16,26H,3-4,13-14H2,1-2H3. The summed E-state index contributed by atoms with van der Waals surface area (Å²) < 4.78 is 102. The molecule has 1 aliphatic rings. The Hall–Kier alpha value is -3.04. The van der Waals surface area contributed by atoms with E-state index in [4.69, 9.17) is 9.47 Å². The minimum atomic E-state index is -4.53. The average molecular weight is 510 g/mol. The van der Waals surface area contributed by atoms with Gasteiger partial charge in [-0.3, -0.25) is 0 Å². The van der Waals surface area contributed by atoms with Gasteiger partial charge >= 0.3 is 6.11 Å². The summed E-state index contributed by atoms with van der Waals surface area (Å²) >= 11 is 0. The molecule has 0 saturated carbocycles. The molecule has 3 nitrogen and oxygen atoms in total. The fourth-order valence-corrected chi connectivity index (χ4v) is 4.04. The number of benzene rings is 3. The molecule has 0 spiro atoms. The zero-order valence-electron chi connectivity index (χ0n) is 19.6. The van der Waals surface area contributed by atoms with Gasteiger partial charge in [0.2, 0.25) is 0 Å². The first kappa shape index (κ1) is 26.0. The zero-order valence-corrected chi connectivity index (χ0v) is 19.6. The molecule has 3 aromatic rings. The van der Waals surface area contributed by atoms with Crippen molar-refractivity contribution in [2.45, 2.75) is 39.1 Å². The second kappa shape index (κ2) is 10.5. The van der Waals surface area contributed by atoms with E-state index in [0.29, 0.717) is 42.4 Å². The topological polar surface area (TPSA) is 27.7 Å². The van der Waals surface area contributed by atoms with Gasteiger partial charge in [-0.15, -0.1) is 0 Å². The summed E-state index contributed by atoms with van der Waals surface area (Å²) in [6, 6.07) is 8.99. The Morgan fingerprint density at radius 2 is 1.39 bits per heavy atom. The van der Waals surface area contributed by atoms with Crippen LogP contribution in [0.1, 0.15) is 42.7 Å². The van der Waals surface area contributed by atoms with Crippen LogP contribution in [0.2, 0.25) is 0 Å². The number of hydrogen-bond acceptors (Lipinski definition) is 3. The van der Waals surface area contributed by atoms with Gasteiger partial charge in [-0.1, -0.05) is 37.6 Å². The van der Waals surface area contributed by atoms with Crippen LogP contribution in [0.5, 0.6) is 5.75 Å². The number of halogens is 6. The predicted molar refractivity (Wildman–Crippen MR) is 120 cm³/mol. The number of hydrogen-bond donors (Lipinski definition) is 0. The van der Waals surface area contributed by atoms with Gasteiger partial charge in [0.1, 0.15) is 34.6 Å². The maximum atomic E-state index is 14.7. The smallest absolute Gasteiger partial charge is 0.429 e. The van der Waals surface area contributed by atoms with Crippen molar-refractivity contribution >= 4 is 0 Å². The lowest BCUT2D eigenvalue weighted by atomic mass is 10.0. The monoisotopic (exact) mass is 510 g/mol. The lowest BCUT2D eigenvalue weighted by Gasteiger charge is -2.29. The van der Waals surface area contributed by atoms with Gasteiger partial charge in [0.25, 0.3) is 0 Å². The van der Waals surface area contributed by atoms with Crippen molar-refractivity contribution < 1.29 is 40.6 Å². The first-order valence-electron chi connectivity index (χ1n) is 11.4. The molecule has 1 saturated heterocycles. The summed E-state index contributed by atoms with van der Waals surface area (Å²) in [6.07, 6.45) is -3.06. The molecule has 1 heterocycles. The molecule has 0 amide bonds. The molecule has 3 aromatic carbocycles. The Labute approximate surface area is 204 Å². The summed E-state index contributed by atoms with van der Waals surface area (Å²) in [5, 5.41) is 0. The van der Waals surface area contributed by atoms with Crippen LogP contribution in [-0.4, -0.2) is 13.2 Å². The van der Waals surface area contributed by atoms with E-state index in [2.05, 4.69) is 11.7 Å². The van der Waals surface area contributed by atoms with Crippen molar-refractivity contribution in [1.29, 1.82) is 0 Å². The highest BCUT2D eigenvalue weighted by Crippen LogP contribution is 2.38. The van der Waals surface area contributed by atoms with Crippen LogP contribution < -0.4 is 4.74 Å². The van der Waals surface area contributed by atoms with Crippen LogP contribution >= 0.6 is 0 Å². The minimum Gasteiger partial charge on any atom is -0.429 e. The molecule has 0 unspecified atom stereocenters. The summed E-state index contributed by atoms with van der Waals surface area (Å²) in [4.78, 5) is 0. The van der Waals surface area contributed by atoms with Crippen molar-refractivity contribution in [3.8, 4) is 16.9 Å². The molecule has 1 fully saturated rings. The molecule has 36 heavy (non-hydrogen) atoms. The van der Waals surface area contributed by atoms with Crippen molar-refractivity contribution in [2.75, 3.05) is 13.2 Å². The van der Waals surface area contributed by atoms with Gasteiger partial charge in [0.15, 0.2) is 6.29 Å². The Kier molecular flexibility index (Phi) is 7.61. The van der Waals surface area contributed by atoms with Gasteiger partial charge in [-0.2, -0.15) is 8.78 Å². The second-order valence-corrected chi connectivity index (χ2v) is 8.72. The van der Waals surface area contributed by atoms with Gasteiger partial charge in [-0.25, -0.2) is 17.6 Å². The van der Waals surface area contributed by atoms with E-state index in [0.717, 1.165) is 31.9 Å². The molecule has 9 heteroatoms. The van der Waals surface area contributed by atoms with E-state index in [1.54, 1.807) is 24.3 Å². The maximum absolute atomic E-state index is 14.7. The Bertz CT molecular complexity index is 1170. The van der Waals surface area contributed by atoms with Crippen molar-refractivity contribution in [1.82, 2.24) is 0 Å². The third-order valence-electron chi connectivity index (χ3n) is 6.01. The molecule has 4 rings (SSSR count). The van der Waals surface area contributed by atoms with E-state index in [-0.39, 0.29) is 5.56 Å². The lowest BCUT2D eigenvalue weighted by Crippen LogP contribution is -2.26. The fraction of sp³-hybridized carbons (Fsp3) is 0.333. The molecule has 0 aromatic heterocycles. The molecule has 0 N–H and O–H groups in total. The Morgan fingerprint density at radius 3 is 1.92 bits per heavy atom. The average Bonchev–Trinajstić information content (AvgIpc) is 2.82. The molecule has 0 bridgehead atoms. The molecule has 0 radical (unpaired) electrons. The quantitative estimate of drug-likeness (QED) is 0.304. The largest absolute Gasteiger partial charge is 0.432 e. The molecule has 0 atom stereocenters. The predicted octanol–water partition coefficient (Wildman–Crippen LogP) is 7.81. The van der Waals surface area contributed by atoms with E-state index in [1.807, 2.05) is 0 Å². The SMILES string of the molecule is CCCC1COC(c2ccc(-c3cc(F)c(C(F)(F)Oc4cc(F)c(C)c(F)c4)c(F)c3)cc2)OC1. The van der Waals surface area contributed by atoms with Crippen molar-refractivity contribution in [3.63, 3.8) is 0 Å². The van der Waals surface area contributed by atoms with Crippen LogP contribution in [0, 0.1) is 36.1 Å². The van der Waals surface area contributed by atoms with Crippen LogP contribution in [0.15, 0.2) is 48.5 Å². The summed E-state index contributed by atoms with van der Waals surface area (Å²) in [5.41, 5.74) is -0.981. The Balaban J connectivity index is 1.53. The molecule has 1 aliphatic heterocycles.